The van der Waals surface area contributed by atoms with Crippen LogP contribution in [0.2, 0.25) is 0 Å². The van der Waals surface area contributed by atoms with Crippen LogP contribution in [-0.2, 0) is 6.18 Å². The number of hydrogen-bond acceptors (Lipinski definition) is 4. The summed E-state index contributed by atoms with van der Waals surface area (Å²) in [6, 6.07) is 5.03. The fourth-order valence-electron chi connectivity index (χ4n) is 1.96. The summed E-state index contributed by atoms with van der Waals surface area (Å²) in [6.07, 6.45) is -4.34. The van der Waals surface area contributed by atoms with Gasteiger partial charge in [0, 0.05) is 0 Å². The Morgan fingerprint density at radius 1 is 1.35 bits per heavy atom. The van der Waals surface area contributed by atoms with Crippen molar-refractivity contribution >= 4 is 11.5 Å². The second-order valence-electron chi connectivity index (χ2n) is 4.34. The Morgan fingerprint density at radius 3 is 2.65 bits per heavy atom. The van der Waals surface area contributed by atoms with Crippen LogP contribution in [0.25, 0.3) is 0 Å². The molecule has 20 heavy (non-hydrogen) atoms. The number of aromatic nitrogens is 2. The summed E-state index contributed by atoms with van der Waals surface area (Å²) in [5.41, 5.74) is 0.655. The average Bonchev–Trinajstić information content (AvgIpc) is 2.81. The van der Waals surface area contributed by atoms with Crippen molar-refractivity contribution in [2.75, 3.05) is 6.54 Å². The predicted molar refractivity (Wildman–Crippen MR) is 71.6 cm³/mol. The lowest BCUT2D eigenvalue weighted by molar-refractivity contribution is -0.137. The van der Waals surface area contributed by atoms with Crippen LogP contribution in [0.5, 0.6) is 0 Å². The maximum atomic E-state index is 12.8. The first-order valence-electron chi connectivity index (χ1n) is 6.13. The van der Waals surface area contributed by atoms with Crippen LogP contribution < -0.4 is 5.32 Å². The van der Waals surface area contributed by atoms with Gasteiger partial charge < -0.3 is 5.32 Å². The third-order valence-corrected chi connectivity index (χ3v) is 3.80. The van der Waals surface area contributed by atoms with Crippen molar-refractivity contribution in [1.82, 2.24) is 14.9 Å². The summed E-state index contributed by atoms with van der Waals surface area (Å²) < 4.78 is 42.2. The third-order valence-electron chi connectivity index (χ3n) is 2.90. The number of benzene rings is 1. The highest BCUT2D eigenvalue weighted by Crippen LogP contribution is 2.33. The van der Waals surface area contributed by atoms with E-state index in [0.717, 1.165) is 16.6 Å². The summed E-state index contributed by atoms with van der Waals surface area (Å²) in [5, 5.41) is 7.11. The molecule has 1 N–H and O–H groups in total. The third kappa shape index (κ3) is 3.16. The highest BCUT2D eigenvalue weighted by atomic mass is 32.1. The molecule has 2 rings (SSSR count). The van der Waals surface area contributed by atoms with Gasteiger partial charge in [0.15, 0.2) is 0 Å². The van der Waals surface area contributed by atoms with Crippen LogP contribution in [-0.4, -0.2) is 16.1 Å². The van der Waals surface area contributed by atoms with Gasteiger partial charge in [-0.2, -0.15) is 13.2 Å². The van der Waals surface area contributed by atoms with E-state index in [4.69, 9.17) is 0 Å². The van der Waals surface area contributed by atoms with Crippen LogP contribution in [0, 0.1) is 6.92 Å². The summed E-state index contributed by atoms with van der Waals surface area (Å²) in [7, 11) is 0. The zero-order valence-corrected chi connectivity index (χ0v) is 11.8. The number of hydrogen-bond donors (Lipinski definition) is 1. The molecule has 7 heteroatoms. The van der Waals surface area contributed by atoms with E-state index in [1.165, 1.54) is 23.7 Å². The second-order valence-corrected chi connectivity index (χ2v) is 5.12. The molecular formula is C13H14F3N3S. The van der Waals surface area contributed by atoms with Crippen molar-refractivity contribution in [2.45, 2.75) is 26.1 Å². The van der Waals surface area contributed by atoms with Crippen molar-refractivity contribution in [1.29, 1.82) is 0 Å². The Hall–Kier alpha value is -1.47. The van der Waals surface area contributed by atoms with Crippen molar-refractivity contribution in [3.8, 4) is 0 Å². The van der Waals surface area contributed by atoms with Crippen molar-refractivity contribution < 1.29 is 13.2 Å². The van der Waals surface area contributed by atoms with Gasteiger partial charge in [-0.1, -0.05) is 23.5 Å². The van der Waals surface area contributed by atoms with E-state index >= 15 is 0 Å². The average molecular weight is 301 g/mol. The van der Waals surface area contributed by atoms with Gasteiger partial charge in [0.2, 0.25) is 0 Å². The topological polar surface area (TPSA) is 37.8 Å². The number of nitrogens with one attached hydrogen (secondary N) is 1. The number of rotatable bonds is 4. The second kappa shape index (κ2) is 5.88. The van der Waals surface area contributed by atoms with Crippen LogP contribution in [0.15, 0.2) is 24.3 Å². The van der Waals surface area contributed by atoms with Gasteiger partial charge >= 0.3 is 6.18 Å². The Labute approximate surface area is 119 Å². The first-order chi connectivity index (χ1) is 9.43. The van der Waals surface area contributed by atoms with Gasteiger partial charge in [0.25, 0.3) is 0 Å². The van der Waals surface area contributed by atoms with E-state index in [1.807, 2.05) is 6.92 Å². The lowest BCUT2D eigenvalue weighted by Crippen LogP contribution is -2.22. The van der Waals surface area contributed by atoms with E-state index in [1.54, 1.807) is 13.0 Å². The molecule has 108 valence electrons. The van der Waals surface area contributed by atoms with Gasteiger partial charge in [-0.25, -0.2) is 0 Å². The molecule has 3 nitrogen and oxygen atoms in total. The largest absolute Gasteiger partial charge is 0.416 e. The monoisotopic (exact) mass is 301 g/mol. The quantitative estimate of drug-likeness (QED) is 0.938. The number of aryl methyl sites for hydroxylation is 1. The van der Waals surface area contributed by atoms with Crippen molar-refractivity contribution in [3.05, 3.63) is 46.0 Å². The molecule has 0 radical (unpaired) electrons. The summed E-state index contributed by atoms with van der Waals surface area (Å²) in [5.74, 6) is 0. The van der Waals surface area contributed by atoms with Crippen LogP contribution in [0.1, 0.15) is 34.7 Å². The Balaban J connectivity index is 2.43. The van der Waals surface area contributed by atoms with Crippen LogP contribution in [0.4, 0.5) is 13.2 Å². The minimum Gasteiger partial charge on any atom is -0.306 e. The molecule has 2 aromatic rings. The first kappa shape index (κ1) is 14.9. The highest BCUT2D eigenvalue weighted by molar-refractivity contribution is 7.05. The van der Waals surface area contributed by atoms with E-state index in [9.17, 15) is 13.2 Å². The fourth-order valence-corrected chi connectivity index (χ4v) is 2.71. The van der Waals surface area contributed by atoms with E-state index in [-0.39, 0.29) is 6.04 Å². The first-order valence-corrected chi connectivity index (χ1v) is 6.90. The maximum absolute atomic E-state index is 12.8. The van der Waals surface area contributed by atoms with Gasteiger partial charge in [0.1, 0.15) is 0 Å². The lowest BCUT2D eigenvalue weighted by atomic mass is 10.0. The van der Waals surface area contributed by atoms with E-state index in [0.29, 0.717) is 12.1 Å². The fraction of sp³-hybridized carbons (Fsp3) is 0.385. The number of nitrogens with zero attached hydrogens (tertiary/aromatic N) is 2. The smallest absolute Gasteiger partial charge is 0.306 e. The molecule has 0 fully saturated rings. The molecule has 1 atom stereocenters. The van der Waals surface area contributed by atoms with Gasteiger partial charge in [-0.05, 0) is 42.7 Å². The zero-order chi connectivity index (χ0) is 14.8. The van der Waals surface area contributed by atoms with Crippen LogP contribution in [0.3, 0.4) is 0 Å². The van der Waals surface area contributed by atoms with Crippen molar-refractivity contribution in [2.24, 2.45) is 0 Å². The molecule has 1 aromatic carbocycles. The van der Waals surface area contributed by atoms with Crippen molar-refractivity contribution in [3.63, 3.8) is 0 Å². The molecule has 0 saturated heterocycles. The molecule has 0 spiro atoms. The predicted octanol–water partition coefficient (Wildman–Crippen LogP) is 3.56. The minimum atomic E-state index is -4.34. The number of alkyl halides is 3. The molecule has 0 aliphatic rings. The molecule has 0 aliphatic carbocycles. The molecule has 0 saturated carbocycles. The SMILES string of the molecule is CCNC(c1cccc(C(F)(F)F)c1)c1snnc1C. The highest BCUT2D eigenvalue weighted by Gasteiger charge is 2.31. The molecule has 0 bridgehead atoms. The molecular weight excluding hydrogens is 287 g/mol. The van der Waals surface area contributed by atoms with Crippen LogP contribution >= 0.6 is 11.5 Å². The Morgan fingerprint density at radius 2 is 2.10 bits per heavy atom. The molecule has 0 amide bonds. The molecule has 1 unspecified atom stereocenters. The molecule has 1 heterocycles. The Kier molecular flexibility index (Phi) is 4.39. The lowest BCUT2D eigenvalue weighted by Gasteiger charge is -2.18. The minimum absolute atomic E-state index is 0.317. The van der Waals surface area contributed by atoms with E-state index in [2.05, 4.69) is 14.9 Å². The van der Waals surface area contributed by atoms with Gasteiger partial charge in [-0.15, -0.1) is 5.10 Å². The summed E-state index contributed by atoms with van der Waals surface area (Å²) in [4.78, 5) is 0.839. The Bertz CT molecular complexity index is 580. The maximum Gasteiger partial charge on any atom is 0.416 e. The zero-order valence-electron chi connectivity index (χ0n) is 11.0. The molecule has 1 aromatic heterocycles. The van der Waals surface area contributed by atoms with Gasteiger partial charge in [0.05, 0.1) is 22.2 Å². The summed E-state index contributed by atoms with van der Waals surface area (Å²) in [6.45, 7) is 4.35. The summed E-state index contributed by atoms with van der Waals surface area (Å²) >= 11 is 1.20. The van der Waals surface area contributed by atoms with E-state index < -0.39 is 11.7 Å². The molecule has 0 aliphatic heterocycles. The van der Waals surface area contributed by atoms with Gasteiger partial charge in [-0.3, -0.25) is 0 Å². The standard InChI is InChI=1S/C13H14F3N3S/c1-3-17-11(12-8(2)18-19-20-12)9-5-4-6-10(7-9)13(14,15)16/h4-7,11,17H,3H2,1-2H3. The normalized spacial score (nSPS) is 13.4. The number of halogens is 3.